The van der Waals surface area contributed by atoms with E-state index in [1.807, 2.05) is 30.3 Å². The maximum absolute atomic E-state index is 12.2. The van der Waals surface area contributed by atoms with Gasteiger partial charge >= 0.3 is 5.97 Å². The van der Waals surface area contributed by atoms with Crippen molar-refractivity contribution in [3.05, 3.63) is 35.9 Å². The molecule has 5 heteroatoms. The van der Waals surface area contributed by atoms with E-state index in [-0.39, 0.29) is 24.7 Å². The first kappa shape index (κ1) is 13.3. The van der Waals surface area contributed by atoms with Gasteiger partial charge in [0, 0.05) is 6.42 Å². The molecule has 1 fully saturated rings. The average molecular weight is 261 g/mol. The highest BCUT2D eigenvalue weighted by atomic mass is 16.5. The maximum Gasteiger partial charge on any atom is 0.329 e. The van der Waals surface area contributed by atoms with Crippen LogP contribution in [0.4, 0.5) is 0 Å². The number of ether oxygens (including phenoxy) is 1. The first-order valence-corrected chi connectivity index (χ1v) is 6.10. The van der Waals surface area contributed by atoms with Crippen molar-refractivity contribution in [3.63, 3.8) is 0 Å². The molecule has 1 aliphatic heterocycles. The summed E-state index contributed by atoms with van der Waals surface area (Å²) in [6, 6.07) is 8.36. The van der Waals surface area contributed by atoms with Crippen molar-refractivity contribution in [2.45, 2.75) is 25.3 Å². The van der Waals surface area contributed by atoms with Crippen molar-refractivity contribution in [2.24, 2.45) is 0 Å². The molecule has 0 bridgehead atoms. The molecular formula is C14H15NO4. The number of nitrogens with zero attached hydrogens (tertiary/aromatic N) is 1. The summed E-state index contributed by atoms with van der Waals surface area (Å²) in [6.45, 7) is 0. The second kappa shape index (κ2) is 5.65. The molecule has 0 radical (unpaired) electrons. The number of carbonyl (C=O) groups is 3. The Bertz CT molecular complexity index is 497. The van der Waals surface area contributed by atoms with Crippen LogP contribution in [0, 0.1) is 0 Å². The molecule has 1 atom stereocenters. The summed E-state index contributed by atoms with van der Waals surface area (Å²) in [5.74, 6) is -1.20. The summed E-state index contributed by atoms with van der Waals surface area (Å²) in [4.78, 5) is 36.5. The first-order valence-electron chi connectivity index (χ1n) is 6.10. The molecule has 0 aromatic heterocycles. The van der Waals surface area contributed by atoms with Crippen molar-refractivity contribution < 1.29 is 19.1 Å². The summed E-state index contributed by atoms with van der Waals surface area (Å²) in [6.07, 6.45) is 0.659. The van der Waals surface area contributed by atoms with E-state index >= 15 is 0 Å². The Morgan fingerprint density at radius 3 is 2.63 bits per heavy atom. The number of likely N-dealkylation sites (tertiary alicyclic amines) is 1. The molecule has 5 nitrogen and oxygen atoms in total. The van der Waals surface area contributed by atoms with E-state index in [4.69, 9.17) is 0 Å². The van der Waals surface area contributed by atoms with Crippen LogP contribution < -0.4 is 0 Å². The molecule has 1 aromatic carbocycles. The lowest BCUT2D eigenvalue weighted by Crippen LogP contribution is -2.44. The van der Waals surface area contributed by atoms with E-state index in [1.165, 1.54) is 7.11 Å². The Hall–Kier alpha value is -2.17. The fourth-order valence-electron chi connectivity index (χ4n) is 2.21. The van der Waals surface area contributed by atoms with Crippen molar-refractivity contribution in [3.8, 4) is 0 Å². The number of methoxy groups -OCH3 is 1. The number of imide groups is 1. The normalized spacial score (nSPS) is 18.5. The first-order chi connectivity index (χ1) is 9.13. The molecule has 2 amide bonds. The van der Waals surface area contributed by atoms with Gasteiger partial charge in [0.15, 0.2) is 0 Å². The molecule has 0 spiro atoms. The van der Waals surface area contributed by atoms with Gasteiger partial charge in [-0.05, 0) is 12.0 Å². The zero-order valence-electron chi connectivity index (χ0n) is 10.7. The minimum absolute atomic E-state index is 0.111. The van der Waals surface area contributed by atoms with Crippen molar-refractivity contribution >= 4 is 17.8 Å². The molecule has 100 valence electrons. The summed E-state index contributed by atoms with van der Waals surface area (Å²) in [7, 11) is 1.25. The topological polar surface area (TPSA) is 63.7 Å². The Balaban J connectivity index is 2.12. The van der Waals surface area contributed by atoms with E-state index in [9.17, 15) is 14.4 Å². The molecule has 1 aliphatic rings. The van der Waals surface area contributed by atoms with E-state index in [1.54, 1.807) is 0 Å². The van der Waals surface area contributed by atoms with Crippen LogP contribution in [0.25, 0.3) is 0 Å². The lowest BCUT2D eigenvalue weighted by Gasteiger charge is -2.20. The largest absolute Gasteiger partial charge is 0.467 e. The number of rotatable bonds is 3. The minimum Gasteiger partial charge on any atom is -0.467 e. The summed E-state index contributed by atoms with van der Waals surface area (Å²) in [5, 5.41) is 0. The third-order valence-corrected chi connectivity index (χ3v) is 3.15. The van der Waals surface area contributed by atoms with Crippen LogP contribution in [0.2, 0.25) is 0 Å². The third kappa shape index (κ3) is 2.81. The molecule has 2 rings (SSSR count). The molecule has 0 saturated carbocycles. The Kier molecular flexibility index (Phi) is 3.94. The van der Waals surface area contributed by atoms with Crippen LogP contribution in [-0.2, 0) is 25.5 Å². The Morgan fingerprint density at radius 2 is 2.00 bits per heavy atom. The summed E-state index contributed by atoms with van der Waals surface area (Å²) < 4.78 is 4.63. The van der Waals surface area contributed by atoms with Crippen molar-refractivity contribution in [1.82, 2.24) is 4.90 Å². The van der Waals surface area contributed by atoms with Gasteiger partial charge in [0.2, 0.25) is 11.8 Å². The van der Waals surface area contributed by atoms with E-state index in [0.29, 0.717) is 6.42 Å². The highest BCUT2D eigenvalue weighted by Crippen LogP contribution is 2.21. The lowest BCUT2D eigenvalue weighted by atomic mass is 10.1. The molecule has 19 heavy (non-hydrogen) atoms. The van der Waals surface area contributed by atoms with Crippen LogP contribution in [-0.4, -0.2) is 35.8 Å². The second-order valence-electron chi connectivity index (χ2n) is 4.40. The summed E-state index contributed by atoms with van der Waals surface area (Å²) in [5.41, 5.74) is 0.816. The van der Waals surface area contributed by atoms with Gasteiger partial charge in [0.05, 0.1) is 13.5 Å². The van der Waals surface area contributed by atoms with Gasteiger partial charge < -0.3 is 4.74 Å². The van der Waals surface area contributed by atoms with Crippen LogP contribution in [0.5, 0.6) is 0 Å². The number of benzene rings is 1. The standard InChI is InChI=1S/C14H15NO4/c1-19-14(18)11-7-8-12(16)15(11)13(17)9-10-5-3-2-4-6-10/h2-6,11H,7-9H2,1H3. The number of hydrogen-bond donors (Lipinski definition) is 0. The van der Waals surface area contributed by atoms with Crippen LogP contribution >= 0.6 is 0 Å². The van der Waals surface area contributed by atoms with Gasteiger partial charge in [-0.25, -0.2) is 4.79 Å². The maximum atomic E-state index is 12.2. The van der Waals surface area contributed by atoms with Gasteiger partial charge in [-0.1, -0.05) is 30.3 Å². The van der Waals surface area contributed by atoms with E-state index < -0.39 is 12.0 Å². The van der Waals surface area contributed by atoms with Gasteiger partial charge in [-0.15, -0.1) is 0 Å². The van der Waals surface area contributed by atoms with Crippen LogP contribution in [0.3, 0.4) is 0 Å². The van der Waals surface area contributed by atoms with Gasteiger partial charge in [0.25, 0.3) is 0 Å². The number of amides is 2. The SMILES string of the molecule is COC(=O)C1CCC(=O)N1C(=O)Cc1ccccc1. The summed E-state index contributed by atoms with van der Waals surface area (Å²) >= 11 is 0. The monoisotopic (exact) mass is 261 g/mol. The molecule has 1 aromatic rings. The quantitative estimate of drug-likeness (QED) is 0.759. The van der Waals surface area contributed by atoms with Crippen LogP contribution in [0.15, 0.2) is 30.3 Å². The fraction of sp³-hybridized carbons (Fsp3) is 0.357. The van der Waals surface area contributed by atoms with Crippen LogP contribution in [0.1, 0.15) is 18.4 Å². The molecular weight excluding hydrogens is 246 g/mol. The van der Waals surface area contributed by atoms with Gasteiger partial charge in [-0.3, -0.25) is 14.5 Å². The second-order valence-corrected chi connectivity index (χ2v) is 4.40. The Morgan fingerprint density at radius 1 is 1.32 bits per heavy atom. The zero-order valence-corrected chi connectivity index (χ0v) is 10.7. The van der Waals surface area contributed by atoms with Crippen molar-refractivity contribution in [2.75, 3.05) is 7.11 Å². The van der Waals surface area contributed by atoms with E-state index in [2.05, 4.69) is 4.74 Å². The third-order valence-electron chi connectivity index (χ3n) is 3.15. The smallest absolute Gasteiger partial charge is 0.329 e. The highest BCUT2D eigenvalue weighted by molar-refractivity contribution is 6.02. The van der Waals surface area contributed by atoms with Gasteiger partial charge in [-0.2, -0.15) is 0 Å². The zero-order chi connectivity index (χ0) is 13.8. The van der Waals surface area contributed by atoms with E-state index in [0.717, 1.165) is 10.5 Å². The number of hydrogen-bond acceptors (Lipinski definition) is 4. The predicted molar refractivity (Wildman–Crippen MR) is 67.0 cm³/mol. The molecule has 1 saturated heterocycles. The molecule has 1 unspecified atom stereocenters. The fourth-order valence-corrected chi connectivity index (χ4v) is 2.21. The molecule has 0 N–H and O–H groups in total. The number of carbonyl (C=O) groups excluding carboxylic acids is 3. The molecule has 1 heterocycles. The van der Waals surface area contributed by atoms with Crippen molar-refractivity contribution in [1.29, 1.82) is 0 Å². The molecule has 0 aliphatic carbocycles. The lowest BCUT2D eigenvalue weighted by molar-refractivity contribution is -0.155. The Labute approximate surface area is 111 Å². The minimum atomic E-state index is -0.770. The number of esters is 1. The predicted octanol–water partition coefficient (Wildman–Crippen LogP) is 0.920. The highest BCUT2D eigenvalue weighted by Gasteiger charge is 2.40. The average Bonchev–Trinajstić information content (AvgIpc) is 2.81. The van der Waals surface area contributed by atoms with Gasteiger partial charge in [0.1, 0.15) is 6.04 Å².